The molecule has 1 aromatic carbocycles. The fourth-order valence-electron chi connectivity index (χ4n) is 3.36. The molecule has 0 radical (unpaired) electrons. The molecule has 11 heteroatoms. The summed E-state index contributed by atoms with van der Waals surface area (Å²) in [4.78, 5) is 61.8. The molecular weight excluding hydrogens is 432 g/mol. The highest BCUT2D eigenvalue weighted by Gasteiger charge is 2.44. The summed E-state index contributed by atoms with van der Waals surface area (Å²) in [5.74, 6) is -2.42. The summed E-state index contributed by atoms with van der Waals surface area (Å²) in [6, 6.07) is 3.33. The van der Waals surface area contributed by atoms with Crippen LogP contribution in [0.5, 0.6) is 5.75 Å². The summed E-state index contributed by atoms with van der Waals surface area (Å²) in [6.45, 7) is 3.47. The van der Waals surface area contributed by atoms with Crippen LogP contribution in [0.25, 0.3) is 0 Å². The van der Waals surface area contributed by atoms with Crippen LogP contribution in [-0.4, -0.2) is 73.9 Å². The van der Waals surface area contributed by atoms with E-state index in [4.69, 9.17) is 15.2 Å². The Morgan fingerprint density at radius 2 is 1.94 bits per heavy atom. The first-order chi connectivity index (χ1) is 16.0. The molecule has 2 rings (SSSR count). The summed E-state index contributed by atoms with van der Waals surface area (Å²) in [5, 5.41) is 4.69. The molecule has 0 saturated heterocycles. The van der Waals surface area contributed by atoms with Gasteiger partial charge in [0.25, 0.3) is 17.7 Å². The van der Waals surface area contributed by atoms with Gasteiger partial charge >= 0.3 is 0 Å². The number of nitrogens with two attached hydrogens (primary N) is 1. The number of rotatable bonds is 15. The van der Waals surface area contributed by atoms with Crippen molar-refractivity contribution >= 4 is 30.0 Å². The number of nitrogens with zero attached hydrogens (tertiary/aromatic N) is 1. The van der Waals surface area contributed by atoms with Crippen LogP contribution >= 0.6 is 0 Å². The number of fused-ring (bicyclic) bond motifs is 1. The van der Waals surface area contributed by atoms with Gasteiger partial charge in [-0.3, -0.25) is 34.2 Å². The summed E-state index contributed by atoms with van der Waals surface area (Å²) < 4.78 is 10.9. The van der Waals surface area contributed by atoms with Gasteiger partial charge in [-0.2, -0.15) is 0 Å². The molecule has 1 aliphatic rings. The van der Waals surface area contributed by atoms with Crippen molar-refractivity contribution in [1.82, 2.24) is 15.5 Å². The minimum Gasteiger partial charge on any atom is -0.483 e. The van der Waals surface area contributed by atoms with E-state index in [-0.39, 0.29) is 36.3 Å². The van der Waals surface area contributed by atoms with Crippen LogP contribution in [0.1, 0.15) is 53.3 Å². The zero-order valence-electron chi connectivity index (χ0n) is 18.6. The molecule has 180 valence electrons. The monoisotopic (exact) mass is 462 g/mol. The van der Waals surface area contributed by atoms with E-state index in [1.807, 2.05) is 5.32 Å². The minimum atomic E-state index is -1.13. The lowest BCUT2D eigenvalue weighted by Crippen LogP contribution is -2.49. The highest BCUT2D eigenvalue weighted by molar-refractivity contribution is 6.24. The predicted molar refractivity (Wildman–Crippen MR) is 117 cm³/mol. The smallest absolute Gasteiger partial charge is 0.266 e. The van der Waals surface area contributed by atoms with Crippen LogP contribution in [-0.2, 0) is 19.1 Å². The fraction of sp³-hybridized carbons (Fsp3) is 0.500. The van der Waals surface area contributed by atoms with E-state index in [0.29, 0.717) is 39.1 Å². The standard InChI is InChI=1S/C22H30N4O7/c1-2-6-16(20(29)25-14-27)26-21(30)15-7-3-8-17(19(15)22(26)31)33-13-18(28)24-10-5-12-32-11-4-9-23/h3,7-8,14,16H,2,4-6,9-13,23H2,1H3,(H,24,28)(H,25,27,29). The topological polar surface area (TPSA) is 157 Å². The first-order valence-electron chi connectivity index (χ1n) is 10.9. The van der Waals surface area contributed by atoms with Gasteiger partial charge in [0.15, 0.2) is 6.61 Å². The molecule has 5 amide bonds. The van der Waals surface area contributed by atoms with E-state index >= 15 is 0 Å². The maximum absolute atomic E-state index is 13.1. The molecule has 0 aliphatic carbocycles. The molecule has 1 aliphatic heterocycles. The quantitative estimate of drug-likeness (QED) is 0.186. The number of amides is 5. The van der Waals surface area contributed by atoms with Crippen molar-refractivity contribution in [3.8, 4) is 5.75 Å². The Bertz CT molecular complexity index is 874. The van der Waals surface area contributed by atoms with Crippen molar-refractivity contribution in [2.45, 2.75) is 38.6 Å². The summed E-state index contributed by atoms with van der Waals surface area (Å²) in [6.07, 6.45) is 2.32. The Labute approximate surface area is 191 Å². The second-order valence-electron chi connectivity index (χ2n) is 7.34. The summed E-state index contributed by atoms with van der Waals surface area (Å²) >= 11 is 0. The molecule has 1 aromatic rings. The minimum absolute atomic E-state index is 0.0105. The van der Waals surface area contributed by atoms with Crippen molar-refractivity contribution in [2.24, 2.45) is 5.73 Å². The number of ether oxygens (including phenoxy) is 2. The average molecular weight is 463 g/mol. The highest BCUT2D eigenvalue weighted by atomic mass is 16.5. The zero-order chi connectivity index (χ0) is 24.2. The first kappa shape index (κ1) is 25.9. The van der Waals surface area contributed by atoms with Gasteiger partial charge in [0.05, 0.1) is 11.1 Å². The van der Waals surface area contributed by atoms with Crippen LogP contribution in [0.4, 0.5) is 0 Å². The number of imide groups is 2. The van der Waals surface area contributed by atoms with Crippen LogP contribution in [0.3, 0.4) is 0 Å². The molecule has 1 unspecified atom stereocenters. The van der Waals surface area contributed by atoms with Crippen molar-refractivity contribution in [2.75, 3.05) is 32.9 Å². The lowest BCUT2D eigenvalue weighted by atomic mass is 10.1. The van der Waals surface area contributed by atoms with Crippen LogP contribution < -0.4 is 21.1 Å². The number of carbonyl (C=O) groups excluding carboxylic acids is 5. The van der Waals surface area contributed by atoms with Crippen molar-refractivity contribution in [3.05, 3.63) is 29.3 Å². The van der Waals surface area contributed by atoms with Gasteiger partial charge in [-0.25, -0.2) is 0 Å². The molecule has 0 bridgehead atoms. The van der Waals surface area contributed by atoms with Crippen LogP contribution in [0.15, 0.2) is 18.2 Å². The largest absolute Gasteiger partial charge is 0.483 e. The number of nitrogens with one attached hydrogen (secondary N) is 2. The van der Waals surface area contributed by atoms with Gasteiger partial charge in [0.2, 0.25) is 12.3 Å². The van der Waals surface area contributed by atoms with Crippen molar-refractivity contribution in [1.29, 1.82) is 0 Å². The molecule has 0 aromatic heterocycles. The van der Waals surface area contributed by atoms with E-state index in [0.717, 1.165) is 11.3 Å². The van der Waals surface area contributed by atoms with Gasteiger partial charge < -0.3 is 20.5 Å². The van der Waals surface area contributed by atoms with Crippen molar-refractivity contribution < 1.29 is 33.4 Å². The summed E-state index contributed by atoms with van der Waals surface area (Å²) in [5.41, 5.74) is 5.44. The average Bonchev–Trinajstić information content (AvgIpc) is 3.06. The summed E-state index contributed by atoms with van der Waals surface area (Å²) in [7, 11) is 0. The zero-order valence-corrected chi connectivity index (χ0v) is 18.6. The maximum Gasteiger partial charge on any atom is 0.266 e. The van der Waals surface area contributed by atoms with Crippen molar-refractivity contribution in [3.63, 3.8) is 0 Å². The molecule has 1 heterocycles. The Kier molecular flexibility index (Phi) is 10.4. The molecule has 1 atom stereocenters. The van der Waals surface area contributed by atoms with Gasteiger partial charge in [0, 0.05) is 19.8 Å². The SMILES string of the molecule is CCCC(C(=O)NC=O)N1C(=O)c2cccc(OCC(=O)NCCCOCCCN)c2C1=O. The number of benzene rings is 1. The molecule has 0 saturated carbocycles. The third-order valence-corrected chi connectivity index (χ3v) is 4.92. The molecule has 0 fully saturated rings. The molecule has 11 nitrogen and oxygen atoms in total. The third kappa shape index (κ3) is 6.83. The molecule has 0 spiro atoms. The molecule has 33 heavy (non-hydrogen) atoms. The fourth-order valence-corrected chi connectivity index (χ4v) is 3.36. The van der Waals surface area contributed by atoms with E-state index in [1.165, 1.54) is 18.2 Å². The van der Waals surface area contributed by atoms with Gasteiger partial charge in [-0.15, -0.1) is 0 Å². The van der Waals surface area contributed by atoms with Gasteiger partial charge in [-0.1, -0.05) is 19.4 Å². The lowest BCUT2D eigenvalue weighted by molar-refractivity contribution is -0.128. The Hall–Kier alpha value is -3.31. The van der Waals surface area contributed by atoms with Crippen LogP contribution in [0.2, 0.25) is 0 Å². The van der Waals surface area contributed by atoms with E-state index < -0.39 is 29.7 Å². The Morgan fingerprint density at radius 1 is 1.18 bits per heavy atom. The second kappa shape index (κ2) is 13.3. The number of hydrogen-bond acceptors (Lipinski definition) is 8. The Balaban J connectivity index is 2.00. The van der Waals surface area contributed by atoms with E-state index in [2.05, 4.69) is 5.32 Å². The second-order valence-corrected chi connectivity index (χ2v) is 7.34. The lowest BCUT2D eigenvalue weighted by Gasteiger charge is -2.24. The maximum atomic E-state index is 13.1. The first-order valence-corrected chi connectivity index (χ1v) is 10.9. The molecular formula is C22H30N4O7. The highest BCUT2D eigenvalue weighted by Crippen LogP contribution is 2.33. The molecule has 4 N–H and O–H groups in total. The Morgan fingerprint density at radius 3 is 2.64 bits per heavy atom. The number of hydrogen-bond donors (Lipinski definition) is 3. The van der Waals surface area contributed by atoms with Crippen LogP contribution in [0, 0.1) is 0 Å². The van der Waals surface area contributed by atoms with Gasteiger partial charge in [-0.05, 0) is 37.9 Å². The third-order valence-electron chi connectivity index (χ3n) is 4.92. The predicted octanol–water partition coefficient (Wildman–Crippen LogP) is -0.0256. The van der Waals surface area contributed by atoms with E-state index in [9.17, 15) is 24.0 Å². The normalized spacial score (nSPS) is 13.5. The number of carbonyl (C=O) groups is 5. The van der Waals surface area contributed by atoms with Gasteiger partial charge in [0.1, 0.15) is 11.8 Å². The van der Waals surface area contributed by atoms with E-state index in [1.54, 1.807) is 6.92 Å².